The van der Waals surface area contributed by atoms with Crippen LogP contribution in [0.15, 0.2) is 29.7 Å². The van der Waals surface area contributed by atoms with Gasteiger partial charge in [0, 0.05) is 11.8 Å². The van der Waals surface area contributed by atoms with Crippen molar-refractivity contribution in [1.29, 1.82) is 0 Å². The van der Waals surface area contributed by atoms with E-state index in [0.717, 1.165) is 11.8 Å². The molecule has 0 spiro atoms. The van der Waals surface area contributed by atoms with Crippen molar-refractivity contribution >= 4 is 6.08 Å². The van der Waals surface area contributed by atoms with Gasteiger partial charge in [0.15, 0.2) is 0 Å². The molecule has 1 rings (SSSR count). The summed E-state index contributed by atoms with van der Waals surface area (Å²) in [7, 11) is 1.52. The first-order chi connectivity index (χ1) is 5.88. The van der Waals surface area contributed by atoms with E-state index in [1.54, 1.807) is 24.4 Å². The van der Waals surface area contributed by atoms with Gasteiger partial charge in [-0.2, -0.15) is 0 Å². The van der Waals surface area contributed by atoms with Gasteiger partial charge in [-0.1, -0.05) is 0 Å². The maximum absolute atomic E-state index is 9.78. The van der Waals surface area contributed by atoms with Crippen LogP contribution in [0.2, 0.25) is 0 Å². The Balaban J connectivity index is 2.96. The molecule has 62 valence electrons. The van der Waals surface area contributed by atoms with Crippen molar-refractivity contribution in [1.82, 2.24) is 4.98 Å². The summed E-state index contributed by atoms with van der Waals surface area (Å²) in [6.07, 6.45) is 4.31. The van der Waals surface area contributed by atoms with Gasteiger partial charge in [0.05, 0.1) is 13.3 Å². The van der Waals surface area contributed by atoms with Gasteiger partial charge in [-0.25, -0.2) is 4.98 Å². The third-order valence-electron chi connectivity index (χ3n) is 1.31. The first-order valence-electron chi connectivity index (χ1n) is 3.36. The molecule has 0 aromatic carbocycles. The number of pyridine rings is 1. The van der Waals surface area contributed by atoms with Gasteiger partial charge >= 0.3 is 0 Å². The molecule has 1 aromatic rings. The summed E-state index contributed by atoms with van der Waals surface area (Å²) in [6, 6.07) is 3.54. The number of nitroso groups, excluding NO2 is 1. The first kappa shape index (κ1) is 8.39. The highest BCUT2D eigenvalue weighted by atomic mass is 16.5. The zero-order valence-corrected chi connectivity index (χ0v) is 6.60. The number of aromatic nitrogens is 1. The maximum atomic E-state index is 9.78. The number of rotatable bonds is 3. The molecule has 1 heterocycles. The summed E-state index contributed by atoms with van der Waals surface area (Å²) >= 11 is 0. The van der Waals surface area contributed by atoms with Crippen LogP contribution in [0, 0.1) is 4.91 Å². The Labute approximate surface area is 69.9 Å². The molecule has 0 atom stereocenters. The second-order valence-corrected chi connectivity index (χ2v) is 2.02. The molecule has 12 heavy (non-hydrogen) atoms. The van der Waals surface area contributed by atoms with Crippen molar-refractivity contribution in [3.63, 3.8) is 0 Å². The summed E-state index contributed by atoms with van der Waals surface area (Å²) < 4.78 is 4.94. The molecule has 4 nitrogen and oxygen atoms in total. The third kappa shape index (κ3) is 1.88. The molecule has 0 aliphatic rings. The van der Waals surface area contributed by atoms with Crippen LogP contribution in [0.25, 0.3) is 6.08 Å². The SMILES string of the molecule is COc1ncccc1/C=C/N=O. The van der Waals surface area contributed by atoms with Gasteiger partial charge in [-0.15, -0.1) is 4.91 Å². The van der Waals surface area contributed by atoms with Crippen LogP contribution in [0.1, 0.15) is 5.56 Å². The fourth-order valence-corrected chi connectivity index (χ4v) is 0.811. The molecule has 0 aliphatic carbocycles. The Morgan fingerprint density at radius 2 is 2.50 bits per heavy atom. The number of nitrogens with zero attached hydrogens (tertiary/aromatic N) is 2. The van der Waals surface area contributed by atoms with Crippen LogP contribution < -0.4 is 4.74 Å². The summed E-state index contributed by atoms with van der Waals surface area (Å²) in [4.78, 5) is 13.7. The van der Waals surface area contributed by atoms with E-state index >= 15 is 0 Å². The molecule has 0 saturated heterocycles. The summed E-state index contributed by atoms with van der Waals surface area (Å²) in [5.74, 6) is 0.484. The molecule has 1 aromatic heterocycles. The topological polar surface area (TPSA) is 51.6 Å². The van der Waals surface area contributed by atoms with Crippen LogP contribution in [0.3, 0.4) is 0 Å². The Morgan fingerprint density at radius 3 is 3.17 bits per heavy atom. The molecular weight excluding hydrogens is 156 g/mol. The van der Waals surface area contributed by atoms with Crippen LogP contribution in [-0.2, 0) is 0 Å². The maximum Gasteiger partial charge on any atom is 0.220 e. The van der Waals surface area contributed by atoms with Crippen molar-refractivity contribution in [3.05, 3.63) is 35.0 Å². The Morgan fingerprint density at radius 1 is 1.67 bits per heavy atom. The minimum Gasteiger partial charge on any atom is -0.481 e. The largest absolute Gasteiger partial charge is 0.481 e. The lowest BCUT2D eigenvalue weighted by Gasteiger charge is -2.00. The van der Waals surface area contributed by atoms with Crippen molar-refractivity contribution in [2.45, 2.75) is 0 Å². The normalized spacial score (nSPS) is 10.1. The smallest absolute Gasteiger partial charge is 0.220 e. The van der Waals surface area contributed by atoms with Crippen molar-refractivity contribution in [2.75, 3.05) is 7.11 Å². The highest BCUT2D eigenvalue weighted by molar-refractivity contribution is 5.54. The van der Waals surface area contributed by atoms with E-state index < -0.39 is 0 Å². The predicted octanol–water partition coefficient (Wildman–Crippen LogP) is 1.83. The predicted molar refractivity (Wildman–Crippen MR) is 45.6 cm³/mol. The molecule has 0 radical (unpaired) electrons. The van der Waals surface area contributed by atoms with E-state index in [1.807, 2.05) is 0 Å². The van der Waals surface area contributed by atoms with Crippen LogP contribution >= 0.6 is 0 Å². The molecule has 0 amide bonds. The van der Waals surface area contributed by atoms with Crippen LogP contribution in [-0.4, -0.2) is 12.1 Å². The van der Waals surface area contributed by atoms with Gasteiger partial charge in [0.2, 0.25) is 5.88 Å². The molecule has 0 saturated carbocycles. The Hall–Kier alpha value is -1.71. The zero-order valence-electron chi connectivity index (χ0n) is 6.60. The highest BCUT2D eigenvalue weighted by Crippen LogP contribution is 2.14. The van der Waals surface area contributed by atoms with Crippen LogP contribution in [0.5, 0.6) is 5.88 Å². The lowest BCUT2D eigenvalue weighted by molar-refractivity contribution is 0.397. The zero-order chi connectivity index (χ0) is 8.81. The van der Waals surface area contributed by atoms with Crippen molar-refractivity contribution in [2.24, 2.45) is 5.18 Å². The van der Waals surface area contributed by atoms with E-state index in [1.165, 1.54) is 7.11 Å². The molecule has 0 bridgehead atoms. The van der Waals surface area contributed by atoms with E-state index in [0.29, 0.717) is 5.88 Å². The summed E-state index contributed by atoms with van der Waals surface area (Å²) in [5.41, 5.74) is 0.736. The van der Waals surface area contributed by atoms with E-state index in [9.17, 15) is 4.91 Å². The number of ether oxygens (including phenoxy) is 1. The number of hydrogen-bond acceptors (Lipinski definition) is 4. The standard InChI is InChI=1S/C8H8N2O2/c1-12-8-7(4-6-10-11)3-2-5-9-8/h2-6H,1H3/b6-4+. The van der Waals surface area contributed by atoms with Gasteiger partial charge in [-0.05, 0) is 23.4 Å². The molecule has 0 aliphatic heterocycles. The fourth-order valence-electron chi connectivity index (χ4n) is 0.811. The Kier molecular flexibility index (Phi) is 2.95. The minimum absolute atomic E-state index is 0.484. The number of methoxy groups -OCH3 is 1. The second-order valence-electron chi connectivity index (χ2n) is 2.02. The van der Waals surface area contributed by atoms with Gasteiger partial charge in [0.25, 0.3) is 0 Å². The lowest BCUT2D eigenvalue weighted by atomic mass is 10.3. The molecule has 0 fully saturated rings. The van der Waals surface area contributed by atoms with Crippen LogP contribution in [0.4, 0.5) is 0 Å². The molecule has 0 N–H and O–H groups in total. The van der Waals surface area contributed by atoms with Gasteiger partial charge < -0.3 is 4.74 Å². The van der Waals surface area contributed by atoms with Crippen molar-refractivity contribution < 1.29 is 4.74 Å². The minimum atomic E-state index is 0.484. The quantitative estimate of drug-likeness (QED) is 0.640. The van der Waals surface area contributed by atoms with E-state index in [2.05, 4.69) is 10.2 Å². The summed E-state index contributed by atoms with van der Waals surface area (Å²) in [5, 5.41) is 2.59. The summed E-state index contributed by atoms with van der Waals surface area (Å²) in [6.45, 7) is 0. The number of hydrogen-bond donors (Lipinski definition) is 0. The third-order valence-corrected chi connectivity index (χ3v) is 1.31. The fraction of sp³-hybridized carbons (Fsp3) is 0.125. The van der Waals surface area contributed by atoms with E-state index in [-0.39, 0.29) is 0 Å². The van der Waals surface area contributed by atoms with Gasteiger partial charge in [0.1, 0.15) is 0 Å². The average Bonchev–Trinajstić information content (AvgIpc) is 2.15. The molecule has 4 heteroatoms. The average molecular weight is 164 g/mol. The second kappa shape index (κ2) is 4.23. The highest BCUT2D eigenvalue weighted by Gasteiger charge is 1.97. The van der Waals surface area contributed by atoms with Crippen molar-refractivity contribution in [3.8, 4) is 5.88 Å². The Bertz CT molecular complexity index is 297. The molecular formula is C8H8N2O2. The lowest BCUT2D eigenvalue weighted by Crippen LogP contribution is -1.89. The monoisotopic (exact) mass is 164 g/mol. The van der Waals surface area contributed by atoms with Gasteiger partial charge in [-0.3, -0.25) is 0 Å². The molecule has 0 unspecified atom stereocenters. The first-order valence-corrected chi connectivity index (χ1v) is 3.36. The van der Waals surface area contributed by atoms with E-state index in [4.69, 9.17) is 4.74 Å².